The summed E-state index contributed by atoms with van der Waals surface area (Å²) in [6.45, 7) is 3.33. The summed E-state index contributed by atoms with van der Waals surface area (Å²) in [6, 6.07) is 16.3. The fourth-order valence-electron chi connectivity index (χ4n) is 2.55. The number of thiazole rings is 1. The first-order valence-corrected chi connectivity index (χ1v) is 9.23. The van der Waals surface area contributed by atoms with Crippen LogP contribution in [0.1, 0.15) is 32.6 Å². The molecule has 2 aromatic carbocycles. The van der Waals surface area contributed by atoms with Crippen LogP contribution < -0.4 is 4.74 Å². The van der Waals surface area contributed by atoms with E-state index in [-0.39, 0.29) is 5.78 Å². The van der Waals surface area contributed by atoms with Crippen molar-refractivity contribution in [1.82, 2.24) is 4.98 Å². The largest absolute Gasteiger partial charge is 0.497 e. The molecule has 0 N–H and O–H groups in total. The van der Waals surface area contributed by atoms with Crippen LogP contribution in [0.4, 0.5) is 0 Å². The van der Waals surface area contributed by atoms with Crippen LogP contribution in [0, 0.1) is 6.92 Å². The van der Waals surface area contributed by atoms with Gasteiger partial charge in [-0.05, 0) is 38.1 Å². The number of carbonyl (C=O) groups is 2. The Bertz CT molecular complexity index is 948. The Morgan fingerprint density at radius 2 is 1.70 bits per heavy atom. The Hall–Kier alpha value is -2.99. The van der Waals surface area contributed by atoms with E-state index in [1.807, 2.05) is 30.3 Å². The fraction of sp³-hybridized carbons (Fsp3) is 0.190. The minimum Gasteiger partial charge on any atom is -0.497 e. The summed E-state index contributed by atoms with van der Waals surface area (Å²) in [7, 11) is 1.56. The van der Waals surface area contributed by atoms with Crippen molar-refractivity contribution in [2.45, 2.75) is 20.0 Å². The van der Waals surface area contributed by atoms with Gasteiger partial charge >= 0.3 is 5.97 Å². The number of ketones is 1. The molecule has 0 spiro atoms. The topological polar surface area (TPSA) is 65.5 Å². The lowest BCUT2D eigenvalue weighted by Gasteiger charge is -2.12. The van der Waals surface area contributed by atoms with Gasteiger partial charge in [0.25, 0.3) is 0 Å². The van der Waals surface area contributed by atoms with Crippen molar-refractivity contribution < 1.29 is 19.1 Å². The number of hydrogen-bond donors (Lipinski definition) is 0. The third-order valence-electron chi connectivity index (χ3n) is 4.03. The van der Waals surface area contributed by atoms with Crippen molar-refractivity contribution in [3.63, 3.8) is 0 Å². The molecule has 0 aliphatic heterocycles. The maximum atomic E-state index is 12.5. The van der Waals surface area contributed by atoms with Crippen LogP contribution in [0.15, 0.2) is 54.6 Å². The van der Waals surface area contributed by atoms with Crippen molar-refractivity contribution >= 4 is 23.1 Å². The van der Waals surface area contributed by atoms with Crippen LogP contribution in [0.5, 0.6) is 5.75 Å². The van der Waals surface area contributed by atoms with Gasteiger partial charge in [-0.25, -0.2) is 9.78 Å². The van der Waals surface area contributed by atoms with Crippen LogP contribution in [0.3, 0.4) is 0 Å². The van der Waals surface area contributed by atoms with Crippen LogP contribution in [0.2, 0.25) is 0 Å². The number of aryl methyl sites for hydroxylation is 1. The average molecular weight is 381 g/mol. The second-order valence-corrected chi connectivity index (χ2v) is 6.94. The van der Waals surface area contributed by atoms with Gasteiger partial charge in [-0.1, -0.05) is 30.3 Å². The molecule has 0 aliphatic rings. The van der Waals surface area contributed by atoms with Crippen LogP contribution >= 0.6 is 11.3 Å². The number of methoxy groups -OCH3 is 1. The highest BCUT2D eigenvalue weighted by Gasteiger charge is 2.24. The number of nitrogens with zero attached hydrogens (tertiary/aromatic N) is 1. The van der Waals surface area contributed by atoms with Crippen LogP contribution in [-0.2, 0) is 4.74 Å². The number of carbonyl (C=O) groups excluding carboxylic acids is 2. The summed E-state index contributed by atoms with van der Waals surface area (Å²) < 4.78 is 10.5. The van der Waals surface area contributed by atoms with E-state index in [0.29, 0.717) is 21.9 Å². The molecular weight excluding hydrogens is 362 g/mol. The molecule has 3 rings (SSSR count). The lowest BCUT2D eigenvalue weighted by Crippen LogP contribution is -2.24. The zero-order chi connectivity index (χ0) is 19.4. The van der Waals surface area contributed by atoms with Gasteiger partial charge in [0.1, 0.15) is 15.6 Å². The number of Topliss-reactive ketones (excluding diaryl/α,β-unsaturated/α-hetero) is 1. The number of aromatic nitrogens is 1. The van der Waals surface area contributed by atoms with E-state index in [2.05, 4.69) is 4.98 Å². The smallest absolute Gasteiger partial charge is 0.350 e. The highest BCUT2D eigenvalue weighted by molar-refractivity contribution is 7.17. The Kier molecular flexibility index (Phi) is 5.66. The first-order chi connectivity index (χ1) is 13.0. The van der Waals surface area contributed by atoms with Crippen molar-refractivity contribution in [3.05, 3.63) is 70.7 Å². The molecule has 1 heterocycles. The quantitative estimate of drug-likeness (QED) is 0.463. The second-order valence-electron chi connectivity index (χ2n) is 5.94. The standard InChI is InChI=1S/C21H19NO4S/c1-13-19(27-20(22-13)16-7-5-4-6-8-16)21(24)26-14(2)18(23)15-9-11-17(25-3)12-10-15/h4-12,14H,1-3H3/t14-/m1/s1. The van der Waals surface area contributed by atoms with Gasteiger partial charge < -0.3 is 9.47 Å². The molecule has 3 aromatic rings. The molecule has 138 valence electrons. The fourth-order valence-corrected chi connectivity index (χ4v) is 3.50. The second kappa shape index (κ2) is 8.14. The van der Waals surface area contributed by atoms with Crippen molar-refractivity contribution in [1.29, 1.82) is 0 Å². The van der Waals surface area contributed by atoms with Crippen LogP contribution in [0.25, 0.3) is 10.6 Å². The van der Waals surface area contributed by atoms with Gasteiger partial charge in [0.05, 0.1) is 12.8 Å². The van der Waals surface area contributed by atoms with Crippen molar-refractivity contribution in [3.8, 4) is 16.3 Å². The molecule has 27 heavy (non-hydrogen) atoms. The SMILES string of the molecule is COc1ccc(C(=O)[C@@H](C)OC(=O)c2sc(-c3ccccc3)nc2C)cc1. The number of rotatable bonds is 6. The molecule has 0 bridgehead atoms. The van der Waals surface area contributed by atoms with E-state index in [4.69, 9.17) is 9.47 Å². The number of esters is 1. The maximum Gasteiger partial charge on any atom is 0.350 e. The summed E-state index contributed by atoms with van der Waals surface area (Å²) in [6.07, 6.45) is -0.896. The van der Waals surface area contributed by atoms with Gasteiger partial charge in [0.2, 0.25) is 5.78 Å². The summed E-state index contributed by atoms with van der Waals surface area (Å²) >= 11 is 1.26. The molecular formula is C21H19NO4S. The highest BCUT2D eigenvalue weighted by atomic mass is 32.1. The van der Waals surface area contributed by atoms with E-state index in [1.165, 1.54) is 11.3 Å². The van der Waals surface area contributed by atoms with E-state index < -0.39 is 12.1 Å². The molecule has 0 saturated heterocycles. The van der Waals surface area contributed by atoms with Gasteiger partial charge in [0.15, 0.2) is 6.10 Å². The number of ether oxygens (including phenoxy) is 2. The lowest BCUT2D eigenvalue weighted by molar-refractivity contribution is 0.0322. The predicted molar refractivity (Wildman–Crippen MR) is 104 cm³/mol. The first-order valence-electron chi connectivity index (χ1n) is 8.41. The molecule has 1 aromatic heterocycles. The van der Waals surface area contributed by atoms with E-state index in [1.54, 1.807) is 45.2 Å². The number of hydrogen-bond acceptors (Lipinski definition) is 6. The first kappa shape index (κ1) is 18.8. The zero-order valence-electron chi connectivity index (χ0n) is 15.3. The summed E-state index contributed by atoms with van der Waals surface area (Å²) in [5.74, 6) is -0.150. The predicted octanol–water partition coefficient (Wildman–Crippen LogP) is 4.56. The minimum absolute atomic E-state index is 0.267. The zero-order valence-corrected chi connectivity index (χ0v) is 16.1. The number of benzene rings is 2. The monoisotopic (exact) mass is 381 g/mol. The normalized spacial score (nSPS) is 11.7. The van der Waals surface area contributed by atoms with Crippen molar-refractivity contribution in [2.24, 2.45) is 0 Å². The van der Waals surface area contributed by atoms with E-state index >= 15 is 0 Å². The van der Waals surface area contributed by atoms with Crippen molar-refractivity contribution in [2.75, 3.05) is 7.11 Å². The van der Waals surface area contributed by atoms with E-state index in [0.717, 1.165) is 10.6 Å². The minimum atomic E-state index is -0.896. The molecule has 0 unspecified atom stereocenters. The lowest BCUT2D eigenvalue weighted by atomic mass is 10.1. The van der Waals surface area contributed by atoms with Crippen LogP contribution in [-0.4, -0.2) is 30.0 Å². The molecule has 1 atom stereocenters. The Labute approximate surface area is 161 Å². The third-order valence-corrected chi connectivity index (χ3v) is 5.22. The Morgan fingerprint density at radius 1 is 1.04 bits per heavy atom. The third kappa shape index (κ3) is 4.23. The summed E-state index contributed by atoms with van der Waals surface area (Å²) in [5.41, 5.74) is 1.99. The molecule has 0 amide bonds. The summed E-state index contributed by atoms with van der Waals surface area (Å²) in [4.78, 5) is 29.9. The molecule has 0 radical (unpaired) electrons. The molecule has 5 nitrogen and oxygen atoms in total. The van der Waals surface area contributed by atoms with Gasteiger partial charge in [-0.15, -0.1) is 11.3 Å². The highest BCUT2D eigenvalue weighted by Crippen LogP contribution is 2.28. The van der Waals surface area contributed by atoms with Gasteiger partial charge in [-0.3, -0.25) is 4.79 Å². The molecule has 0 saturated carbocycles. The summed E-state index contributed by atoms with van der Waals surface area (Å²) in [5, 5.41) is 0.745. The Balaban J connectivity index is 1.72. The van der Waals surface area contributed by atoms with Gasteiger partial charge in [-0.2, -0.15) is 0 Å². The van der Waals surface area contributed by atoms with E-state index in [9.17, 15) is 9.59 Å². The average Bonchev–Trinajstić information content (AvgIpc) is 3.10. The van der Waals surface area contributed by atoms with Gasteiger partial charge in [0, 0.05) is 11.1 Å². The molecule has 6 heteroatoms. The maximum absolute atomic E-state index is 12.5. The Morgan fingerprint density at radius 3 is 2.33 bits per heavy atom. The molecule has 0 fully saturated rings. The molecule has 0 aliphatic carbocycles.